The quantitative estimate of drug-likeness (QED) is 0.676. The number of halogens is 3. The summed E-state index contributed by atoms with van der Waals surface area (Å²) in [5.41, 5.74) is 0.0836. The minimum atomic E-state index is -4.46. The highest BCUT2D eigenvalue weighted by Gasteiger charge is 2.33. The molecule has 3 aromatic rings. The zero-order valence-electron chi connectivity index (χ0n) is 16.5. The molecule has 1 amide bonds. The summed E-state index contributed by atoms with van der Waals surface area (Å²) in [6, 6.07) is 5.72. The normalized spacial score (nSPS) is 12.2. The fourth-order valence-electron chi connectivity index (χ4n) is 2.71. The van der Waals surface area contributed by atoms with Crippen molar-refractivity contribution >= 4 is 11.6 Å². The summed E-state index contributed by atoms with van der Waals surface area (Å²) < 4.78 is 46.4. The lowest BCUT2D eigenvalue weighted by atomic mass is 9.93. The number of aromatic nitrogens is 3. The maximum atomic E-state index is 13.3. The first kappa shape index (κ1) is 20.6. The maximum Gasteiger partial charge on any atom is 0.416 e. The third-order valence-corrected chi connectivity index (χ3v) is 4.28. The molecule has 0 fully saturated rings. The highest BCUT2D eigenvalue weighted by Crippen LogP contribution is 2.33. The molecule has 29 heavy (non-hydrogen) atoms. The first-order valence-electron chi connectivity index (χ1n) is 8.91. The van der Waals surface area contributed by atoms with Gasteiger partial charge in [0, 0.05) is 17.7 Å². The Labute approximate surface area is 165 Å². The number of alkyl halides is 3. The summed E-state index contributed by atoms with van der Waals surface area (Å²) in [7, 11) is 0. The van der Waals surface area contributed by atoms with Crippen LogP contribution in [-0.4, -0.2) is 20.8 Å². The molecule has 0 radical (unpaired) electrons. The highest BCUT2D eigenvalue weighted by atomic mass is 19.4. The summed E-state index contributed by atoms with van der Waals surface area (Å²) in [5, 5.41) is 10.4. The molecule has 0 saturated carbocycles. The fraction of sp³-hybridized carbons (Fsp3) is 0.350. The van der Waals surface area contributed by atoms with Crippen LogP contribution in [0.1, 0.15) is 53.7 Å². The van der Waals surface area contributed by atoms with E-state index in [4.69, 9.17) is 4.52 Å². The minimum Gasteiger partial charge on any atom is -0.360 e. The van der Waals surface area contributed by atoms with E-state index in [0.717, 1.165) is 6.07 Å². The second kappa shape index (κ2) is 7.38. The van der Waals surface area contributed by atoms with Crippen LogP contribution in [0.25, 0.3) is 0 Å². The first-order chi connectivity index (χ1) is 13.4. The number of amides is 1. The molecule has 0 aliphatic heterocycles. The van der Waals surface area contributed by atoms with E-state index in [1.807, 2.05) is 20.8 Å². The van der Waals surface area contributed by atoms with Gasteiger partial charge in [-0.25, -0.2) is 0 Å². The van der Waals surface area contributed by atoms with Crippen LogP contribution in [0, 0.1) is 6.92 Å². The standard InChI is InChI=1S/C20H21F3N4O2/c1-12-5-6-13(15(7-12)20(21,22)23)10-27-11-14(9-24-27)25-18(28)16-8-17(29-26-16)19(2,3)4/h5-9,11H,10H2,1-4H3,(H,25,28). The fourth-order valence-corrected chi connectivity index (χ4v) is 2.71. The average molecular weight is 406 g/mol. The topological polar surface area (TPSA) is 73.0 Å². The molecule has 0 aliphatic carbocycles. The number of nitrogens with zero attached hydrogens (tertiary/aromatic N) is 3. The lowest BCUT2D eigenvalue weighted by Gasteiger charge is -2.13. The Balaban J connectivity index is 1.74. The summed E-state index contributed by atoms with van der Waals surface area (Å²) in [5.74, 6) is 0.0764. The molecular formula is C20H21F3N4O2. The zero-order valence-corrected chi connectivity index (χ0v) is 16.5. The molecule has 0 aliphatic rings. The average Bonchev–Trinajstić information content (AvgIpc) is 3.25. The Morgan fingerprint density at radius 1 is 1.21 bits per heavy atom. The van der Waals surface area contributed by atoms with E-state index in [-0.39, 0.29) is 23.2 Å². The van der Waals surface area contributed by atoms with Gasteiger partial charge in [-0.05, 0) is 18.6 Å². The number of aryl methyl sites for hydroxylation is 1. The number of hydrogen-bond donors (Lipinski definition) is 1. The van der Waals surface area contributed by atoms with E-state index < -0.39 is 17.6 Å². The van der Waals surface area contributed by atoms with Crippen LogP contribution >= 0.6 is 0 Å². The predicted molar refractivity (Wildman–Crippen MR) is 101 cm³/mol. The molecule has 0 saturated heterocycles. The van der Waals surface area contributed by atoms with Gasteiger partial charge in [-0.15, -0.1) is 0 Å². The number of rotatable bonds is 4. The van der Waals surface area contributed by atoms with Crippen molar-refractivity contribution in [1.29, 1.82) is 0 Å². The van der Waals surface area contributed by atoms with Crippen LogP contribution in [-0.2, 0) is 18.1 Å². The molecule has 2 aromatic heterocycles. The van der Waals surface area contributed by atoms with Crippen LogP contribution in [0.5, 0.6) is 0 Å². The van der Waals surface area contributed by atoms with Crippen molar-refractivity contribution in [1.82, 2.24) is 14.9 Å². The summed E-state index contributed by atoms with van der Waals surface area (Å²) >= 11 is 0. The summed E-state index contributed by atoms with van der Waals surface area (Å²) in [6.45, 7) is 7.32. The second-order valence-electron chi connectivity index (χ2n) is 7.87. The van der Waals surface area contributed by atoms with E-state index in [1.54, 1.807) is 19.1 Å². The van der Waals surface area contributed by atoms with Crippen LogP contribution in [0.4, 0.5) is 18.9 Å². The van der Waals surface area contributed by atoms with Crippen molar-refractivity contribution in [3.63, 3.8) is 0 Å². The van der Waals surface area contributed by atoms with Gasteiger partial charge in [0.1, 0.15) is 5.76 Å². The smallest absolute Gasteiger partial charge is 0.360 e. The van der Waals surface area contributed by atoms with E-state index in [9.17, 15) is 18.0 Å². The van der Waals surface area contributed by atoms with Gasteiger partial charge < -0.3 is 9.84 Å². The van der Waals surface area contributed by atoms with Gasteiger partial charge in [0.05, 0.1) is 24.0 Å². The monoisotopic (exact) mass is 406 g/mol. The second-order valence-corrected chi connectivity index (χ2v) is 7.87. The van der Waals surface area contributed by atoms with Crippen LogP contribution in [0.15, 0.2) is 41.2 Å². The van der Waals surface area contributed by atoms with Gasteiger partial charge in [0.25, 0.3) is 5.91 Å². The third-order valence-electron chi connectivity index (χ3n) is 4.28. The van der Waals surface area contributed by atoms with Crippen molar-refractivity contribution < 1.29 is 22.5 Å². The Hall–Kier alpha value is -3.10. The molecule has 154 valence electrons. The molecular weight excluding hydrogens is 385 g/mol. The number of carbonyl (C=O) groups is 1. The number of benzene rings is 1. The minimum absolute atomic E-state index is 0.0802. The SMILES string of the molecule is Cc1ccc(Cn2cc(NC(=O)c3cc(C(C)(C)C)on3)cn2)c(C(F)(F)F)c1. The van der Waals surface area contributed by atoms with Crippen molar-refractivity contribution in [2.24, 2.45) is 0 Å². The molecule has 1 aromatic carbocycles. The molecule has 0 atom stereocenters. The van der Waals surface area contributed by atoms with Crippen molar-refractivity contribution in [2.45, 2.75) is 45.8 Å². The maximum absolute atomic E-state index is 13.3. The van der Waals surface area contributed by atoms with Gasteiger partial charge in [0.2, 0.25) is 0 Å². The number of hydrogen-bond acceptors (Lipinski definition) is 4. The van der Waals surface area contributed by atoms with E-state index in [1.165, 1.54) is 23.1 Å². The van der Waals surface area contributed by atoms with Gasteiger partial charge in [0.15, 0.2) is 5.69 Å². The summed E-state index contributed by atoms with van der Waals surface area (Å²) in [4.78, 5) is 12.3. The van der Waals surface area contributed by atoms with Crippen molar-refractivity contribution in [2.75, 3.05) is 5.32 Å². The van der Waals surface area contributed by atoms with Gasteiger partial charge in [-0.1, -0.05) is 43.6 Å². The lowest BCUT2D eigenvalue weighted by molar-refractivity contribution is -0.138. The Morgan fingerprint density at radius 2 is 1.93 bits per heavy atom. The largest absolute Gasteiger partial charge is 0.416 e. The number of nitrogens with one attached hydrogen (secondary N) is 1. The Bertz CT molecular complexity index is 1030. The van der Waals surface area contributed by atoms with Crippen LogP contribution < -0.4 is 5.32 Å². The molecule has 9 heteroatoms. The van der Waals surface area contributed by atoms with Gasteiger partial charge in [-0.3, -0.25) is 9.48 Å². The molecule has 2 heterocycles. The molecule has 0 bridgehead atoms. The first-order valence-corrected chi connectivity index (χ1v) is 8.91. The van der Waals surface area contributed by atoms with Crippen LogP contribution in [0.2, 0.25) is 0 Å². The molecule has 1 N–H and O–H groups in total. The molecule has 0 spiro atoms. The van der Waals surface area contributed by atoms with E-state index in [0.29, 0.717) is 17.0 Å². The van der Waals surface area contributed by atoms with E-state index >= 15 is 0 Å². The highest BCUT2D eigenvalue weighted by molar-refractivity contribution is 6.02. The van der Waals surface area contributed by atoms with Crippen molar-refractivity contribution in [3.05, 3.63) is 64.8 Å². The third kappa shape index (κ3) is 4.85. The zero-order chi connectivity index (χ0) is 21.4. The Morgan fingerprint density at radius 3 is 2.55 bits per heavy atom. The number of anilines is 1. The van der Waals surface area contributed by atoms with Crippen LogP contribution in [0.3, 0.4) is 0 Å². The molecule has 3 rings (SSSR count). The predicted octanol–water partition coefficient (Wildman–Crippen LogP) is 4.80. The van der Waals surface area contributed by atoms with E-state index in [2.05, 4.69) is 15.6 Å². The molecule has 6 nitrogen and oxygen atoms in total. The van der Waals surface area contributed by atoms with Gasteiger partial charge >= 0.3 is 6.18 Å². The summed E-state index contributed by atoms with van der Waals surface area (Å²) in [6.07, 6.45) is -1.63. The number of carbonyl (C=O) groups excluding carboxylic acids is 1. The van der Waals surface area contributed by atoms with Crippen molar-refractivity contribution in [3.8, 4) is 0 Å². The lowest BCUT2D eigenvalue weighted by Crippen LogP contribution is -2.13. The Kier molecular flexibility index (Phi) is 5.25. The van der Waals surface area contributed by atoms with Gasteiger partial charge in [-0.2, -0.15) is 18.3 Å². The molecule has 0 unspecified atom stereocenters.